The highest BCUT2D eigenvalue weighted by Gasteiger charge is 2.28. The van der Waals surface area contributed by atoms with Gasteiger partial charge < -0.3 is 0 Å². The number of aryl methyl sites for hydroxylation is 1. The molecule has 0 spiro atoms. The van der Waals surface area contributed by atoms with Crippen molar-refractivity contribution >= 4 is 40.8 Å². The lowest BCUT2D eigenvalue weighted by Gasteiger charge is -2.34. The summed E-state index contributed by atoms with van der Waals surface area (Å²) in [5.74, 6) is 0.129. The van der Waals surface area contributed by atoms with E-state index in [1.54, 1.807) is 30.3 Å². The van der Waals surface area contributed by atoms with Gasteiger partial charge in [0.1, 0.15) is 6.33 Å². The molecule has 1 aliphatic rings. The Kier molecular flexibility index (Phi) is 6.82. The van der Waals surface area contributed by atoms with Gasteiger partial charge in [-0.1, -0.05) is 17.7 Å². The van der Waals surface area contributed by atoms with Crippen molar-refractivity contribution in [1.29, 1.82) is 0 Å². The van der Waals surface area contributed by atoms with Crippen molar-refractivity contribution in [2.75, 3.05) is 12.8 Å². The van der Waals surface area contributed by atoms with E-state index < -0.39 is 19.1 Å². The number of hydrogen-bond acceptors (Lipinski definition) is 7. The van der Waals surface area contributed by atoms with Gasteiger partial charge in [-0.25, -0.2) is 30.8 Å². The number of fused-ring (bicyclic) bond motifs is 1. The van der Waals surface area contributed by atoms with Crippen LogP contribution in [0.3, 0.4) is 0 Å². The average Bonchev–Trinajstić information content (AvgIpc) is 3.19. The van der Waals surface area contributed by atoms with Crippen LogP contribution in [0.5, 0.6) is 0 Å². The Morgan fingerprint density at radius 1 is 1.03 bits per heavy atom. The lowest BCUT2D eigenvalue weighted by atomic mass is 9.86. The van der Waals surface area contributed by atoms with Crippen LogP contribution in [0.15, 0.2) is 47.8 Å². The minimum Gasteiger partial charge on any atom is -0.298 e. The normalized spacial score (nSPS) is 19.9. The number of hydrogen-bond donors (Lipinski definition) is 0. The molecule has 0 aliphatic heterocycles. The summed E-state index contributed by atoms with van der Waals surface area (Å²) < 4.78 is 50.3. The summed E-state index contributed by atoms with van der Waals surface area (Å²) in [6.07, 6.45) is 6.30. The summed E-state index contributed by atoms with van der Waals surface area (Å²) in [5.41, 5.74) is 2.09. The van der Waals surface area contributed by atoms with Crippen LogP contribution < -0.4 is 0 Å². The van der Waals surface area contributed by atoms with E-state index in [1.165, 1.54) is 16.5 Å². The molecule has 1 aromatic carbocycles. The summed E-state index contributed by atoms with van der Waals surface area (Å²) in [5, 5.41) is 0.696. The van der Waals surface area contributed by atoms with Crippen LogP contribution in [-0.4, -0.2) is 54.5 Å². The molecule has 178 valence electrons. The van der Waals surface area contributed by atoms with Crippen molar-refractivity contribution in [3.8, 4) is 0 Å². The molecule has 11 heteroatoms. The first-order valence-electron chi connectivity index (χ1n) is 10.8. The fraction of sp³-hybridized carbons (Fsp3) is 0.455. The van der Waals surface area contributed by atoms with Gasteiger partial charge in [-0.05, 0) is 63.8 Å². The van der Waals surface area contributed by atoms with Crippen LogP contribution in [0.25, 0.3) is 11.0 Å². The SMILES string of the molecule is Cc1ccc(S(=O)(=O)n2ccc3c(CN(C)C4CCC(CS(=O)(=O)Cl)CC4)ncnc32)cc1. The zero-order chi connectivity index (χ0) is 23.8. The maximum atomic E-state index is 13.2. The zero-order valence-corrected chi connectivity index (χ0v) is 20.9. The topological polar surface area (TPSA) is 102 Å². The van der Waals surface area contributed by atoms with E-state index in [0.29, 0.717) is 23.6 Å². The molecule has 0 unspecified atom stereocenters. The smallest absolute Gasteiger partial charge is 0.269 e. The quantitative estimate of drug-likeness (QED) is 0.448. The molecular formula is C22H27ClN4O4S2. The number of halogens is 1. The summed E-state index contributed by atoms with van der Waals surface area (Å²) in [6.45, 7) is 2.44. The first-order valence-corrected chi connectivity index (χ1v) is 14.7. The van der Waals surface area contributed by atoms with Crippen molar-refractivity contribution in [3.63, 3.8) is 0 Å². The third-order valence-corrected chi connectivity index (χ3v) is 9.31. The second-order valence-electron chi connectivity index (χ2n) is 8.78. The van der Waals surface area contributed by atoms with Gasteiger partial charge in [-0.15, -0.1) is 0 Å². The molecule has 0 saturated heterocycles. The predicted octanol–water partition coefficient (Wildman–Crippen LogP) is 3.54. The lowest BCUT2D eigenvalue weighted by molar-refractivity contribution is 0.163. The summed E-state index contributed by atoms with van der Waals surface area (Å²) in [4.78, 5) is 11.1. The number of rotatable bonds is 7. The first kappa shape index (κ1) is 24.1. The van der Waals surface area contributed by atoms with Gasteiger partial charge in [0.15, 0.2) is 5.65 Å². The van der Waals surface area contributed by atoms with Crippen molar-refractivity contribution in [1.82, 2.24) is 18.8 Å². The van der Waals surface area contributed by atoms with Gasteiger partial charge in [-0.3, -0.25) is 4.90 Å². The lowest BCUT2D eigenvalue weighted by Crippen LogP contribution is -2.36. The molecule has 0 N–H and O–H groups in total. The molecule has 4 rings (SSSR count). The van der Waals surface area contributed by atoms with Crippen LogP contribution in [-0.2, 0) is 25.6 Å². The maximum absolute atomic E-state index is 13.2. The standard InChI is InChI=1S/C22H27ClN4O4S2/c1-16-3-9-19(10-4-16)33(30,31)27-12-11-20-21(24-15-25-22(20)27)13-26(2)18-7-5-17(6-8-18)14-32(23,28)29/h3-4,9-12,15,17-18H,5-8,13-14H2,1-2H3. The fourth-order valence-corrected chi connectivity index (χ4v) is 7.26. The van der Waals surface area contributed by atoms with Crippen LogP contribution in [0.4, 0.5) is 0 Å². The Morgan fingerprint density at radius 2 is 1.70 bits per heavy atom. The fourth-order valence-electron chi connectivity index (χ4n) is 4.52. The van der Waals surface area contributed by atoms with Gasteiger partial charge in [0.2, 0.25) is 9.05 Å². The predicted molar refractivity (Wildman–Crippen MR) is 128 cm³/mol. The molecule has 0 bridgehead atoms. The van der Waals surface area contributed by atoms with Crippen molar-refractivity contribution in [3.05, 3.63) is 54.1 Å². The van der Waals surface area contributed by atoms with E-state index in [1.807, 2.05) is 14.0 Å². The second-order valence-corrected chi connectivity index (χ2v) is 13.4. The van der Waals surface area contributed by atoms with Crippen LogP contribution in [0.1, 0.15) is 36.9 Å². The molecule has 8 nitrogen and oxygen atoms in total. The minimum absolute atomic E-state index is 0.0283. The second kappa shape index (κ2) is 9.32. The largest absolute Gasteiger partial charge is 0.298 e. The van der Waals surface area contributed by atoms with E-state index in [-0.39, 0.29) is 16.6 Å². The Labute approximate surface area is 199 Å². The van der Waals surface area contributed by atoms with Crippen LogP contribution in [0, 0.1) is 12.8 Å². The van der Waals surface area contributed by atoms with Gasteiger partial charge >= 0.3 is 0 Å². The van der Waals surface area contributed by atoms with E-state index >= 15 is 0 Å². The molecule has 2 aromatic heterocycles. The molecule has 1 fully saturated rings. The third kappa shape index (κ3) is 5.40. The highest BCUT2D eigenvalue weighted by Crippen LogP contribution is 2.30. The highest BCUT2D eigenvalue weighted by molar-refractivity contribution is 8.13. The van der Waals surface area contributed by atoms with Crippen LogP contribution >= 0.6 is 10.7 Å². The number of benzene rings is 1. The maximum Gasteiger partial charge on any atom is 0.269 e. The van der Waals surface area contributed by atoms with E-state index in [2.05, 4.69) is 14.9 Å². The van der Waals surface area contributed by atoms with Gasteiger partial charge in [0.25, 0.3) is 10.0 Å². The third-order valence-electron chi connectivity index (χ3n) is 6.38. The monoisotopic (exact) mass is 510 g/mol. The number of nitrogens with zero attached hydrogens (tertiary/aromatic N) is 4. The Bertz CT molecular complexity index is 1350. The number of aromatic nitrogens is 3. The van der Waals surface area contributed by atoms with E-state index in [4.69, 9.17) is 10.7 Å². The molecule has 1 saturated carbocycles. The molecule has 3 aromatic rings. The van der Waals surface area contributed by atoms with E-state index in [9.17, 15) is 16.8 Å². The molecule has 2 heterocycles. The van der Waals surface area contributed by atoms with Gasteiger partial charge in [0, 0.05) is 34.9 Å². The molecule has 0 amide bonds. The van der Waals surface area contributed by atoms with Gasteiger partial charge in [0.05, 0.1) is 16.3 Å². The Morgan fingerprint density at radius 3 is 2.33 bits per heavy atom. The summed E-state index contributed by atoms with van der Waals surface area (Å²) >= 11 is 0. The zero-order valence-electron chi connectivity index (χ0n) is 18.6. The van der Waals surface area contributed by atoms with Gasteiger partial charge in [-0.2, -0.15) is 0 Å². The summed E-state index contributed by atoms with van der Waals surface area (Å²) in [6, 6.07) is 8.77. The Balaban J connectivity index is 1.52. The molecule has 33 heavy (non-hydrogen) atoms. The minimum atomic E-state index is -3.77. The molecule has 1 aliphatic carbocycles. The summed E-state index contributed by atoms with van der Waals surface area (Å²) in [7, 11) is 0.173. The molecular weight excluding hydrogens is 484 g/mol. The molecule has 0 radical (unpaired) electrons. The first-order chi connectivity index (χ1) is 15.5. The van der Waals surface area contributed by atoms with E-state index in [0.717, 1.165) is 36.9 Å². The van der Waals surface area contributed by atoms with Crippen LogP contribution in [0.2, 0.25) is 0 Å². The van der Waals surface area contributed by atoms with Crippen molar-refractivity contribution < 1.29 is 16.8 Å². The molecule has 0 atom stereocenters. The van der Waals surface area contributed by atoms with Crippen molar-refractivity contribution in [2.24, 2.45) is 5.92 Å². The average molecular weight is 511 g/mol. The highest BCUT2D eigenvalue weighted by atomic mass is 35.7. The Hall–Kier alpha value is -2.01. The van der Waals surface area contributed by atoms with Crippen molar-refractivity contribution in [2.45, 2.75) is 50.1 Å².